The van der Waals surface area contributed by atoms with E-state index in [9.17, 15) is 17.6 Å². The van der Waals surface area contributed by atoms with Crippen molar-refractivity contribution >= 4 is 27.5 Å². The molecule has 2 aromatic rings. The van der Waals surface area contributed by atoms with Crippen molar-refractivity contribution in [3.63, 3.8) is 0 Å². The van der Waals surface area contributed by atoms with Gasteiger partial charge in [0, 0.05) is 31.2 Å². The van der Waals surface area contributed by atoms with E-state index in [1.54, 1.807) is 12.1 Å². The Morgan fingerprint density at radius 3 is 2.31 bits per heavy atom. The van der Waals surface area contributed by atoms with Gasteiger partial charge < -0.3 is 4.90 Å². The molecule has 0 aliphatic carbocycles. The number of amides is 1. The van der Waals surface area contributed by atoms with E-state index < -0.39 is 21.7 Å². The summed E-state index contributed by atoms with van der Waals surface area (Å²) in [4.78, 5) is 13.7. The standard InChI is InChI=1S/C18H20ClFN2O3S/c1-13-7-9-14(10-8-13)26(24,25)22(3)12-18(23)21(2)11-15-16(19)5-4-6-17(15)20/h4-10H,11-12H2,1-3H3. The lowest BCUT2D eigenvalue weighted by Gasteiger charge is -2.22. The summed E-state index contributed by atoms with van der Waals surface area (Å²) in [5, 5.41) is 0.213. The second-order valence-corrected chi connectivity index (χ2v) is 8.48. The lowest BCUT2D eigenvalue weighted by atomic mass is 10.2. The number of sulfonamides is 1. The molecule has 2 rings (SSSR count). The highest BCUT2D eigenvalue weighted by Gasteiger charge is 2.24. The van der Waals surface area contributed by atoms with E-state index in [0.29, 0.717) is 0 Å². The van der Waals surface area contributed by atoms with Crippen LogP contribution in [0.2, 0.25) is 5.02 Å². The maximum absolute atomic E-state index is 13.9. The maximum Gasteiger partial charge on any atom is 0.243 e. The van der Waals surface area contributed by atoms with Crippen LogP contribution in [0.25, 0.3) is 0 Å². The van der Waals surface area contributed by atoms with Crippen molar-refractivity contribution in [2.75, 3.05) is 20.6 Å². The quantitative estimate of drug-likeness (QED) is 0.751. The maximum atomic E-state index is 13.9. The lowest BCUT2D eigenvalue weighted by molar-refractivity contribution is -0.130. The third-order valence-corrected chi connectivity index (χ3v) is 6.14. The SMILES string of the molecule is Cc1ccc(S(=O)(=O)N(C)CC(=O)N(C)Cc2c(F)cccc2Cl)cc1. The van der Waals surface area contributed by atoms with Crippen LogP contribution in [0.4, 0.5) is 4.39 Å². The van der Waals surface area contributed by atoms with E-state index in [4.69, 9.17) is 11.6 Å². The number of carbonyl (C=O) groups is 1. The molecule has 0 N–H and O–H groups in total. The molecular formula is C18H20ClFN2O3S. The number of carbonyl (C=O) groups excluding carboxylic acids is 1. The van der Waals surface area contributed by atoms with Gasteiger partial charge in [-0.3, -0.25) is 4.79 Å². The zero-order chi connectivity index (χ0) is 19.5. The fourth-order valence-corrected chi connectivity index (χ4v) is 3.64. The van der Waals surface area contributed by atoms with Crippen LogP contribution < -0.4 is 0 Å². The second-order valence-electron chi connectivity index (χ2n) is 6.02. The molecule has 0 saturated heterocycles. The highest BCUT2D eigenvalue weighted by Crippen LogP contribution is 2.21. The van der Waals surface area contributed by atoms with Crippen LogP contribution in [0.1, 0.15) is 11.1 Å². The van der Waals surface area contributed by atoms with Crippen molar-refractivity contribution < 1.29 is 17.6 Å². The smallest absolute Gasteiger partial charge is 0.243 e. The number of halogens is 2. The van der Waals surface area contributed by atoms with Crippen molar-refractivity contribution in [2.24, 2.45) is 0 Å². The van der Waals surface area contributed by atoms with E-state index in [1.807, 2.05) is 6.92 Å². The van der Waals surface area contributed by atoms with Crippen molar-refractivity contribution in [1.82, 2.24) is 9.21 Å². The lowest BCUT2D eigenvalue weighted by Crippen LogP contribution is -2.39. The van der Waals surface area contributed by atoms with Gasteiger partial charge >= 0.3 is 0 Å². The minimum Gasteiger partial charge on any atom is -0.340 e. The Morgan fingerprint density at radius 2 is 1.73 bits per heavy atom. The molecule has 5 nitrogen and oxygen atoms in total. The Morgan fingerprint density at radius 1 is 1.12 bits per heavy atom. The van der Waals surface area contributed by atoms with Gasteiger partial charge in [0.25, 0.3) is 0 Å². The molecule has 0 radical (unpaired) electrons. The first-order chi connectivity index (χ1) is 12.1. The molecule has 0 bridgehead atoms. The van der Waals surface area contributed by atoms with Crippen molar-refractivity contribution in [2.45, 2.75) is 18.4 Å². The Balaban J connectivity index is 2.09. The summed E-state index contributed by atoms with van der Waals surface area (Å²) in [6, 6.07) is 10.6. The summed E-state index contributed by atoms with van der Waals surface area (Å²) in [5.74, 6) is -0.986. The second kappa shape index (κ2) is 8.16. The third kappa shape index (κ3) is 4.60. The van der Waals surface area contributed by atoms with Crippen molar-refractivity contribution in [1.29, 1.82) is 0 Å². The number of hydrogen-bond donors (Lipinski definition) is 0. The van der Waals surface area contributed by atoms with Gasteiger partial charge in [0.15, 0.2) is 0 Å². The Hall–Kier alpha value is -1.96. The Labute approximate surface area is 158 Å². The van der Waals surface area contributed by atoms with Gasteiger partial charge in [0.2, 0.25) is 15.9 Å². The number of rotatable bonds is 6. The summed E-state index contributed by atoms with van der Waals surface area (Å²) in [7, 11) is -0.988. The molecular weight excluding hydrogens is 379 g/mol. The highest BCUT2D eigenvalue weighted by atomic mass is 35.5. The summed E-state index contributed by atoms with van der Waals surface area (Å²) in [5.41, 5.74) is 1.12. The van der Waals surface area contributed by atoms with Gasteiger partial charge in [0.1, 0.15) is 5.82 Å². The number of aryl methyl sites for hydroxylation is 1. The van der Waals surface area contributed by atoms with E-state index in [0.717, 1.165) is 9.87 Å². The molecule has 2 aromatic carbocycles. The first-order valence-corrected chi connectivity index (χ1v) is 9.64. The molecule has 0 heterocycles. The van der Waals surface area contributed by atoms with Crippen LogP contribution >= 0.6 is 11.6 Å². The molecule has 26 heavy (non-hydrogen) atoms. The molecule has 0 aliphatic heterocycles. The summed E-state index contributed by atoms with van der Waals surface area (Å²) in [6.45, 7) is 1.44. The van der Waals surface area contributed by atoms with Gasteiger partial charge in [-0.25, -0.2) is 12.8 Å². The van der Waals surface area contributed by atoms with Gasteiger partial charge in [-0.1, -0.05) is 35.4 Å². The van der Waals surface area contributed by atoms with Crippen LogP contribution in [-0.4, -0.2) is 44.2 Å². The van der Waals surface area contributed by atoms with Crippen molar-refractivity contribution in [3.05, 3.63) is 64.4 Å². The van der Waals surface area contributed by atoms with Crippen molar-refractivity contribution in [3.8, 4) is 0 Å². The first-order valence-electron chi connectivity index (χ1n) is 7.83. The highest BCUT2D eigenvalue weighted by molar-refractivity contribution is 7.89. The van der Waals surface area contributed by atoms with Crippen LogP contribution in [0.5, 0.6) is 0 Å². The zero-order valence-corrected chi connectivity index (χ0v) is 16.3. The van der Waals surface area contributed by atoms with Crippen LogP contribution in [-0.2, 0) is 21.4 Å². The third-order valence-electron chi connectivity index (χ3n) is 3.97. The Bertz CT molecular complexity index is 881. The average molecular weight is 399 g/mol. The molecule has 0 atom stereocenters. The fraction of sp³-hybridized carbons (Fsp3) is 0.278. The number of benzene rings is 2. The topological polar surface area (TPSA) is 57.7 Å². The molecule has 0 aromatic heterocycles. The largest absolute Gasteiger partial charge is 0.340 e. The average Bonchev–Trinajstić information content (AvgIpc) is 2.58. The van der Waals surface area contributed by atoms with Gasteiger partial charge in [-0.2, -0.15) is 4.31 Å². The summed E-state index contributed by atoms with van der Waals surface area (Å²) in [6.07, 6.45) is 0. The molecule has 1 amide bonds. The molecule has 0 aliphatic rings. The summed E-state index contributed by atoms with van der Waals surface area (Å²) < 4.78 is 39.9. The zero-order valence-electron chi connectivity index (χ0n) is 14.7. The molecule has 0 spiro atoms. The van der Waals surface area contributed by atoms with Crippen LogP contribution in [0.3, 0.4) is 0 Å². The minimum absolute atomic E-state index is 0.0528. The molecule has 0 fully saturated rings. The predicted octanol–water partition coefficient (Wildman–Crippen LogP) is 3.07. The van der Waals surface area contributed by atoms with Gasteiger partial charge in [-0.05, 0) is 31.2 Å². The van der Waals surface area contributed by atoms with Gasteiger partial charge in [-0.15, -0.1) is 0 Å². The Kier molecular flexibility index (Phi) is 6.39. The first kappa shape index (κ1) is 20.4. The predicted molar refractivity (Wildman–Crippen MR) is 98.9 cm³/mol. The minimum atomic E-state index is -3.79. The van der Waals surface area contributed by atoms with E-state index >= 15 is 0 Å². The van der Waals surface area contributed by atoms with Crippen LogP contribution in [0, 0.1) is 12.7 Å². The molecule has 140 valence electrons. The van der Waals surface area contributed by atoms with Crippen LogP contribution in [0.15, 0.2) is 47.4 Å². The number of hydrogen-bond acceptors (Lipinski definition) is 3. The fourth-order valence-electron chi connectivity index (χ4n) is 2.30. The number of likely N-dealkylation sites (N-methyl/N-ethyl adjacent to an activating group) is 2. The summed E-state index contributed by atoms with van der Waals surface area (Å²) >= 11 is 5.97. The van der Waals surface area contributed by atoms with E-state index in [-0.39, 0.29) is 28.6 Å². The van der Waals surface area contributed by atoms with E-state index in [2.05, 4.69) is 0 Å². The molecule has 0 unspecified atom stereocenters. The normalized spacial score (nSPS) is 11.6. The van der Waals surface area contributed by atoms with E-state index in [1.165, 1.54) is 49.3 Å². The number of nitrogens with zero attached hydrogens (tertiary/aromatic N) is 2. The van der Waals surface area contributed by atoms with Gasteiger partial charge in [0.05, 0.1) is 11.4 Å². The molecule has 0 saturated carbocycles. The monoisotopic (exact) mass is 398 g/mol. The molecule has 8 heteroatoms.